The van der Waals surface area contributed by atoms with Crippen LogP contribution in [0.15, 0.2) is 35.6 Å². The Balaban J connectivity index is 1.55. The van der Waals surface area contributed by atoms with E-state index in [1.54, 1.807) is 18.2 Å². The number of ether oxygens (including phenoxy) is 1. The number of aromatic nitrogens is 2. The second-order valence-corrected chi connectivity index (χ2v) is 9.19. The Kier molecular flexibility index (Phi) is 6.54. The zero-order chi connectivity index (χ0) is 22.0. The van der Waals surface area contributed by atoms with E-state index in [0.717, 1.165) is 29.7 Å². The highest BCUT2D eigenvalue weighted by Crippen LogP contribution is 2.39. The van der Waals surface area contributed by atoms with Gasteiger partial charge in [-0.3, -0.25) is 4.79 Å². The maximum atomic E-state index is 13.8. The first-order valence-electron chi connectivity index (χ1n) is 9.41. The van der Waals surface area contributed by atoms with Crippen LogP contribution in [0.4, 0.5) is 9.39 Å². The van der Waals surface area contributed by atoms with Crippen molar-refractivity contribution in [2.45, 2.75) is 30.2 Å². The van der Waals surface area contributed by atoms with Crippen LogP contribution < -0.4 is 5.32 Å². The second kappa shape index (κ2) is 9.33. The highest BCUT2D eigenvalue weighted by Gasteiger charge is 2.29. The Hall–Kier alpha value is -2.49. The highest BCUT2D eigenvalue weighted by molar-refractivity contribution is 7.98. The van der Waals surface area contributed by atoms with Gasteiger partial charge in [0, 0.05) is 10.6 Å². The molecule has 0 unspecified atom stereocenters. The lowest BCUT2D eigenvalue weighted by molar-refractivity contribution is 0.0601. The zero-order valence-electron chi connectivity index (χ0n) is 16.4. The van der Waals surface area contributed by atoms with Gasteiger partial charge in [0.2, 0.25) is 0 Å². The lowest BCUT2D eigenvalue weighted by Gasteiger charge is -2.09. The topological polar surface area (TPSA) is 81.2 Å². The van der Waals surface area contributed by atoms with Crippen LogP contribution in [0, 0.1) is 5.82 Å². The molecule has 3 aromatic rings. The molecule has 0 saturated carbocycles. The van der Waals surface area contributed by atoms with Crippen LogP contribution in [0.3, 0.4) is 0 Å². The molecule has 0 atom stereocenters. The predicted molar refractivity (Wildman–Crippen MR) is 119 cm³/mol. The summed E-state index contributed by atoms with van der Waals surface area (Å²) in [5.74, 6) is -1.04. The molecule has 10 heteroatoms. The number of aryl methyl sites for hydroxylation is 1. The number of nitrogens with zero attached hydrogens (tertiary/aromatic N) is 2. The SMILES string of the molecule is COC(=O)c1c(NC(=O)c2nc(SCc3ccccc3F)ncc2Cl)sc2c1CCC2. The Labute approximate surface area is 191 Å². The number of rotatable bonds is 6. The minimum absolute atomic E-state index is 0.0166. The van der Waals surface area contributed by atoms with E-state index in [0.29, 0.717) is 27.0 Å². The molecule has 0 saturated heterocycles. The van der Waals surface area contributed by atoms with Crippen molar-refractivity contribution in [2.75, 3.05) is 12.4 Å². The number of thioether (sulfide) groups is 1. The van der Waals surface area contributed by atoms with Crippen molar-refractivity contribution < 1.29 is 18.7 Å². The van der Waals surface area contributed by atoms with Gasteiger partial charge in [0.15, 0.2) is 10.9 Å². The summed E-state index contributed by atoms with van der Waals surface area (Å²) in [5.41, 5.74) is 1.82. The highest BCUT2D eigenvalue weighted by atomic mass is 35.5. The third kappa shape index (κ3) is 4.58. The lowest BCUT2D eigenvalue weighted by atomic mass is 10.1. The quantitative estimate of drug-likeness (QED) is 0.300. The van der Waals surface area contributed by atoms with Crippen molar-refractivity contribution in [2.24, 2.45) is 0 Å². The molecule has 1 amide bonds. The number of carbonyl (C=O) groups excluding carboxylic acids is 2. The van der Waals surface area contributed by atoms with Crippen molar-refractivity contribution in [1.29, 1.82) is 0 Å². The zero-order valence-corrected chi connectivity index (χ0v) is 18.8. The van der Waals surface area contributed by atoms with Crippen LogP contribution in [0.2, 0.25) is 5.02 Å². The number of carbonyl (C=O) groups is 2. The van der Waals surface area contributed by atoms with Crippen molar-refractivity contribution in [3.8, 4) is 0 Å². The average molecular weight is 478 g/mol. The maximum absolute atomic E-state index is 13.8. The molecule has 0 bridgehead atoms. The van der Waals surface area contributed by atoms with Crippen LogP contribution in [-0.4, -0.2) is 29.0 Å². The van der Waals surface area contributed by atoms with Gasteiger partial charge in [0.05, 0.1) is 23.9 Å². The number of amides is 1. The van der Waals surface area contributed by atoms with Gasteiger partial charge in [-0.25, -0.2) is 19.2 Å². The van der Waals surface area contributed by atoms with E-state index in [9.17, 15) is 14.0 Å². The maximum Gasteiger partial charge on any atom is 0.341 e. The molecule has 6 nitrogen and oxygen atoms in total. The summed E-state index contributed by atoms with van der Waals surface area (Å²) in [5, 5.41) is 3.56. The predicted octanol–water partition coefficient (Wildman–Crippen LogP) is 5.15. The molecule has 2 aromatic heterocycles. The van der Waals surface area contributed by atoms with E-state index < -0.39 is 11.9 Å². The standard InChI is InChI=1S/C21H17ClFN3O3S2/c1-29-20(28)16-12-6-4-8-15(12)31-19(16)26-18(27)17-13(22)9-24-21(25-17)30-10-11-5-2-3-7-14(11)23/h2-3,5,7,9H,4,6,8,10H2,1H3,(H,26,27). The summed E-state index contributed by atoms with van der Waals surface area (Å²) >= 11 is 8.72. The normalized spacial score (nSPS) is 12.5. The van der Waals surface area contributed by atoms with Gasteiger partial charge in [-0.05, 0) is 36.5 Å². The number of thiophene rings is 1. The second-order valence-electron chi connectivity index (χ2n) is 6.74. The first-order chi connectivity index (χ1) is 15.0. The van der Waals surface area contributed by atoms with Crippen molar-refractivity contribution >= 4 is 51.6 Å². The van der Waals surface area contributed by atoms with Gasteiger partial charge in [-0.15, -0.1) is 11.3 Å². The number of nitrogens with one attached hydrogen (secondary N) is 1. The lowest BCUT2D eigenvalue weighted by Crippen LogP contribution is -2.17. The molecule has 160 valence electrons. The minimum atomic E-state index is -0.551. The van der Waals surface area contributed by atoms with Gasteiger partial charge in [-0.2, -0.15) is 0 Å². The molecule has 31 heavy (non-hydrogen) atoms. The summed E-state index contributed by atoms with van der Waals surface area (Å²) in [4.78, 5) is 34.6. The Morgan fingerprint density at radius 3 is 2.90 bits per heavy atom. The third-order valence-corrected chi connectivity index (χ3v) is 7.18. The molecule has 1 aliphatic rings. The van der Waals surface area contributed by atoms with Crippen LogP contribution >= 0.6 is 34.7 Å². The molecular formula is C21H17ClFN3O3S2. The third-order valence-electron chi connectivity index (χ3n) is 4.79. The van der Waals surface area contributed by atoms with Gasteiger partial charge in [0.1, 0.15) is 10.8 Å². The van der Waals surface area contributed by atoms with Gasteiger partial charge < -0.3 is 10.1 Å². The Morgan fingerprint density at radius 1 is 1.32 bits per heavy atom. The molecular weight excluding hydrogens is 461 g/mol. The number of esters is 1. The van der Waals surface area contributed by atoms with E-state index in [2.05, 4.69) is 15.3 Å². The molecule has 1 N–H and O–H groups in total. The number of hydrogen-bond acceptors (Lipinski definition) is 7. The number of fused-ring (bicyclic) bond motifs is 1. The van der Waals surface area contributed by atoms with E-state index in [-0.39, 0.29) is 16.5 Å². The van der Waals surface area contributed by atoms with Crippen molar-refractivity contribution in [1.82, 2.24) is 9.97 Å². The minimum Gasteiger partial charge on any atom is -0.465 e. The summed E-state index contributed by atoms with van der Waals surface area (Å²) in [6.45, 7) is 0. The molecule has 0 spiro atoms. The van der Waals surface area contributed by atoms with Crippen molar-refractivity contribution in [3.63, 3.8) is 0 Å². The summed E-state index contributed by atoms with van der Waals surface area (Å²) in [6, 6.07) is 6.43. The van der Waals surface area contributed by atoms with Gasteiger partial charge in [-0.1, -0.05) is 41.6 Å². The molecule has 1 aromatic carbocycles. The number of anilines is 1. The monoisotopic (exact) mass is 477 g/mol. The summed E-state index contributed by atoms with van der Waals surface area (Å²) < 4.78 is 18.7. The number of hydrogen-bond donors (Lipinski definition) is 1. The summed E-state index contributed by atoms with van der Waals surface area (Å²) in [6.07, 6.45) is 3.95. The van der Waals surface area contributed by atoms with Crippen LogP contribution in [0.1, 0.15) is 43.3 Å². The van der Waals surface area contributed by atoms with Gasteiger partial charge in [0.25, 0.3) is 5.91 Å². The molecule has 0 fully saturated rings. The molecule has 2 heterocycles. The molecule has 1 aliphatic carbocycles. The fourth-order valence-electron chi connectivity index (χ4n) is 3.31. The Bertz CT molecular complexity index is 1170. The van der Waals surface area contributed by atoms with E-state index in [1.807, 2.05) is 0 Å². The fraction of sp³-hybridized carbons (Fsp3) is 0.238. The smallest absolute Gasteiger partial charge is 0.341 e. The number of halogens is 2. The van der Waals surface area contributed by atoms with Crippen LogP contribution in [0.25, 0.3) is 0 Å². The Morgan fingerprint density at radius 2 is 2.13 bits per heavy atom. The van der Waals surface area contributed by atoms with E-state index >= 15 is 0 Å². The first-order valence-corrected chi connectivity index (χ1v) is 11.6. The van der Waals surface area contributed by atoms with Gasteiger partial charge >= 0.3 is 5.97 Å². The van der Waals surface area contributed by atoms with Crippen LogP contribution in [0.5, 0.6) is 0 Å². The van der Waals surface area contributed by atoms with E-state index in [1.165, 1.54) is 42.5 Å². The van der Waals surface area contributed by atoms with Crippen LogP contribution in [-0.2, 0) is 23.3 Å². The number of benzene rings is 1. The molecule has 0 radical (unpaired) electrons. The average Bonchev–Trinajstić information content (AvgIpc) is 3.34. The summed E-state index contributed by atoms with van der Waals surface area (Å²) in [7, 11) is 1.31. The largest absolute Gasteiger partial charge is 0.465 e. The first kappa shape index (κ1) is 21.7. The number of methoxy groups -OCH3 is 1. The molecule has 4 rings (SSSR count). The van der Waals surface area contributed by atoms with E-state index in [4.69, 9.17) is 16.3 Å². The molecule has 0 aliphatic heterocycles. The van der Waals surface area contributed by atoms with Crippen molar-refractivity contribution in [3.05, 3.63) is 68.6 Å². The fourth-order valence-corrected chi connectivity index (χ4v) is 5.56.